The van der Waals surface area contributed by atoms with Crippen LogP contribution in [0.4, 0.5) is 5.69 Å². The van der Waals surface area contributed by atoms with Crippen molar-refractivity contribution in [2.45, 2.75) is 40.7 Å². The van der Waals surface area contributed by atoms with Crippen molar-refractivity contribution in [3.8, 4) is 0 Å². The highest BCUT2D eigenvalue weighted by molar-refractivity contribution is 6.69. The molecule has 1 amide bonds. The lowest BCUT2D eigenvalue weighted by molar-refractivity contribution is -0.150. The number of halogens is 2. The zero-order valence-electron chi connectivity index (χ0n) is 13.9. The molecule has 0 aliphatic rings. The zero-order chi connectivity index (χ0) is 18.8. The molecule has 1 aromatic carbocycles. The lowest BCUT2D eigenvalue weighted by Crippen LogP contribution is -2.30. The summed E-state index contributed by atoms with van der Waals surface area (Å²) in [7, 11) is 0. The van der Waals surface area contributed by atoms with Gasteiger partial charge in [0.15, 0.2) is 6.10 Å². The molecule has 1 atom stereocenters. The van der Waals surface area contributed by atoms with Gasteiger partial charge < -0.3 is 10.1 Å². The van der Waals surface area contributed by atoms with E-state index < -0.39 is 28.5 Å². The Labute approximate surface area is 149 Å². The van der Waals surface area contributed by atoms with Crippen LogP contribution in [-0.2, 0) is 14.3 Å². The normalized spacial score (nSPS) is 11.6. The Hall–Kier alpha value is -1.92. The Morgan fingerprint density at radius 3 is 1.67 bits per heavy atom. The second-order valence-corrected chi connectivity index (χ2v) is 5.97. The number of ether oxygens (including phenoxy) is 1. The molecule has 0 aromatic heterocycles. The van der Waals surface area contributed by atoms with E-state index in [1.54, 1.807) is 20.8 Å². The van der Waals surface area contributed by atoms with E-state index in [-0.39, 0.29) is 16.8 Å². The van der Waals surface area contributed by atoms with Gasteiger partial charge in [-0.3, -0.25) is 19.2 Å². The van der Waals surface area contributed by atoms with E-state index in [4.69, 9.17) is 27.9 Å². The largest absolute Gasteiger partial charge is 0.453 e. The first-order valence-electron chi connectivity index (χ1n) is 7.00. The molecule has 0 aliphatic heterocycles. The van der Waals surface area contributed by atoms with E-state index in [1.165, 1.54) is 13.8 Å². The lowest BCUT2D eigenvalue weighted by Gasteiger charge is -2.20. The van der Waals surface area contributed by atoms with E-state index in [0.717, 1.165) is 0 Å². The van der Waals surface area contributed by atoms with Crippen molar-refractivity contribution in [2.75, 3.05) is 5.32 Å². The van der Waals surface area contributed by atoms with E-state index >= 15 is 0 Å². The smallest absolute Gasteiger partial charge is 0.303 e. The van der Waals surface area contributed by atoms with Crippen LogP contribution in [0.15, 0.2) is 0 Å². The Morgan fingerprint density at radius 1 is 0.917 bits per heavy atom. The average Bonchev–Trinajstić information content (AvgIpc) is 2.41. The molecule has 6 nitrogen and oxygen atoms in total. The van der Waals surface area contributed by atoms with E-state index in [9.17, 15) is 19.2 Å². The summed E-state index contributed by atoms with van der Waals surface area (Å²) in [5.74, 6) is -1.22. The van der Waals surface area contributed by atoms with Gasteiger partial charge in [-0.1, -0.05) is 0 Å². The van der Waals surface area contributed by atoms with Gasteiger partial charge in [0.05, 0.1) is 0 Å². The second kappa shape index (κ2) is 7.77. The van der Waals surface area contributed by atoms with Crippen LogP contribution in [0.1, 0.15) is 51.3 Å². The Bertz CT molecular complexity index is 701. The highest BCUT2D eigenvalue weighted by Crippen LogP contribution is 2.33. The third-order valence-electron chi connectivity index (χ3n) is 3.60. The molecule has 130 valence electrons. The van der Waals surface area contributed by atoms with Gasteiger partial charge in [-0.15, -0.1) is 0 Å². The zero-order valence-corrected chi connectivity index (χ0v) is 15.4. The SMILES string of the molecule is CC(=O)OC(C)C(=O)Nc1c(C)c(C(=O)Cl)c(C)c(C(=O)Cl)c1C. The number of hydrogen-bond donors (Lipinski definition) is 1. The molecule has 0 spiro atoms. The minimum atomic E-state index is -1.05. The maximum absolute atomic E-state index is 12.2. The quantitative estimate of drug-likeness (QED) is 0.631. The lowest BCUT2D eigenvalue weighted by atomic mass is 9.92. The van der Waals surface area contributed by atoms with Crippen LogP contribution in [0.5, 0.6) is 0 Å². The highest BCUT2D eigenvalue weighted by atomic mass is 35.5. The Morgan fingerprint density at radius 2 is 1.33 bits per heavy atom. The second-order valence-electron chi connectivity index (χ2n) is 5.29. The number of nitrogens with one attached hydrogen (secondary N) is 1. The molecule has 1 rings (SSSR count). The standard InChI is InChI=1S/C16H17Cl2NO5/c1-6-11(14(17)21)7(2)13(8(3)12(6)15(18)22)19-16(23)9(4)24-10(5)20/h9H,1-5H3,(H,19,23). The molecule has 0 fully saturated rings. The number of carbonyl (C=O) groups is 4. The van der Waals surface area contributed by atoms with E-state index in [0.29, 0.717) is 16.7 Å². The highest BCUT2D eigenvalue weighted by Gasteiger charge is 2.26. The van der Waals surface area contributed by atoms with Crippen molar-refractivity contribution in [3.05, 3.63) is 27.8 Å². The summed E-state index contributed by atoms with van der Waals surface area (Å²) in [5, 5.41) is 1.02. The molecule has 0 aliphatic carbocycles. The van der Waals surface area contributed by atoms with Gasteiger partial charge in [-0.2, -0.15) is 0 Å². The Balaban J connectivity index is 3.48. The van der Waals surface area contributed by atoms with Crippen LogP contribution < -0.4 is 5.32 Å². The number of benzene rings is 1. The molecule has 0 heterocycles. The average molecular weight is 374 g/mol. The van der Waals surface area contributed by atoms with Crippen molar-refractivity contribution >= 4 is 51.3 Å². The molecular formula is C16H17Cl2NO5. The fraction of sp³-hybridized carbons (Fsp3) is 0.375. The van der Waals surface area contributed by atoms with Gasteiger partial charge in [0.1, 0.15) is 0 Å². The molecular weight excluding hydrogens is 357 g/mol. The summed E-state index contributed by atoms with van der Waals surface area (Å²) in [6.07, 6.45) is -1.05. The number of esters is 1. The summed E-state index contributed by atoms with van der Waals surface area (Å²) in [4.78, 5) is 46.6. The molecule has 0 radical (unpaired) electrons. The van der Waals surface area contributed by atoms with Gasteiger partial charge in [-0.05, 0) is 67.6 Å². The van der Waals surface area contributed by atoms with Gasteiger partial charge in [0.2, 0.25) is 0 Å². The van der Waals surface area contributed by atoms with Gasteiger partial charge >= 0.3 is 5.97 Å². The van der Waals surface area contributed by atoms with Gasteiger partial charge in [0, 0.05) is 23.7 Å². The molecule has 1 unspecified atom stereocenters. The first-order chi connectivity index (χ1) is 11.0. The maximum Gasteiger partial charge on any atom is 0.303 e. The molecule has 1 aromatic rings. The first-order valence-corrected chi connectivity index (χ1v) is 7.76. The Kier molecular flexibility index (Phi) is 6.51. The molecule has 24 heavy (non-hydrogen) atoms. The van der Waals surface area contributed by atoms with Gasteiger partial charge in [-0.25, -0.2) is 0 Å². The summed E-state index contributed by atoms with van der Waals surface area (Å²) in [6, 6.07) is 0. The predicted octanol–water partition coefficient (Wildman–Crippen LogP) is 3.26. The predicted molar refractivity (Wildman–Crippen MR) is 90.9 cm³/mol. The summed E-state index contributed by atoms with van der Waals surface area (Å²) >= 11 is 11.2. The molecule has 8 heteroatoms. The number of rotatable bonds is 5. The van der Waals surface area contributed by atoms with Gasteiger partial charge in [0.25, 0.3) is 16.4 Å². The fourth-order valence-corrected chi connectivity index (χ4v) is 3.09. The van der Waals surface area contributed by atoms with Crippen LogP contribution in [0.3, 0.4) is 0 Å². The third kappa shape index (κ3) is 4.13. The number of hydrogen-bond acceptors (Lipinski definition) is 5. The molecule has 0 bridgehead atoms. The third-order valence-corrected chi connectivity index (χ3v) is 3.98. The van der Waals surface area contributed by atoms with Crippen LogP contribution in [0.25, 0.3) is 0 Å². The van der Waals surface area contributed by atoms with Crippen molar-refractivity contribution < 1.29 is 23.9 Å². The van der Waals surface area contributed by atoms with Crippen molar-refractivity contribution in [1.29, 1.82) is 0 Å². The molecule has 0 saturated carbocycles. The van der Waals surface area contributed by atoms with Crippen LogP contribution in [-0.4, -0.2) is 28.5 Å². The monoisotopic (exact) mass is 373 g/mol. The van der Waals surface area contributed by atoms with Crippen molar-refractivity contribution in [1.82, 2.24) is 0 Å². The number of carbonyl (C=O) groups excluding carboxylic acids is 4. The van der Waals surface area contributed by atoms with Crippen LogP contribution in [0, 0.1) is 20.8 Å². The van der Waals surface area contributed by atoms with Crippen LogP contribution in [0.2, 0.25) is 0 Å². The number of amides is 1. The summed E-state index contributed by atoms with van der Waals surface area (Å²) in [5.41, 5.74) is 1.57. The van der Waals surface area contributed by atoms with Crippen molar-refractivity contribution in [3.63, 3.8) is 0 Å². The minimum absolute atomic E-state index is 0.0988. The summed E-state index contributed by atoms with van der Waals surface area (Å²) < 4.78 is 4.81. The number of anilines is 1. The van der Waals surface area contributed by atoms with E-state index in [2.05, 4.69) is 5.32 Å². The molecule has 1 N–H and O–H groups in total. The topological polar surface area (TPSA) is 89.5 Å². The van der Waals surface area contributed by atoms with Crippen LogP contribution >= 0.6 is 23.2 Å². The fourth-order valence-electron chi connectivity index (χ4n) is 2.52. The maximum atomic E-state index is 12.2. The van der Waals surface area contributed by atoms with E-state index in [1.807, 2.05) is 0 Å². The molecule has 0 saturated heterocycles. The minimum Gasteiger partial charge on any atom is -0.453 e. The summed E-state index contributed by atoms with van der Waals surface area (Å²) in [6.45, 7) is 7.31. The first kappa shape index (κ1) is 20.1. The van der Waals surface area contributed by atoms with Crippen molar-refractivity contribution in [2.24, 2.45) is 0 Å².